The van der Waals surface area contributed by atoms with E-state index in [-0.39, 0.29) is 22.3 Å². The first-order valence-corrected chi connectivity index (χ1v) is 11.0. The predicted molar refractivity (Wildman–Crippen MR) is 121 cm³/mol. The number of amides is 2. The highest BCUT2D eigenvalue weighted by molar-refractivity contribution is 9.10. The number of nitriles is 1. The van der Waals surface area contributed by atoms with E-state index in [4.69, 9.17) is 4.74 Å². The number of nitrogens with one attached hydrogen (secondary N) is 2. The molecular formula is C22H18BrN3O4S. The molecule has 2 atom stereocenters. The zero-order valence-electron chi connectivity index (χ0n) is 16.4. The third-order valence-electron chi connectivity index (χ3n) is 4.60. The molecule has 1 aliphatic heterocycles. The quantitative estimate of drug-likeness (QED) is 0.464. The third-order valence-corrected chi connectivity index (χ3v) is 6.11. The Morgan fingerprint density at radius 2 is 1.97 bits per heavy atom. The summed E-state index contributed by atoms with van der Waals surface area (Å²) in [6.07, 6.45) is 0. The van der Waals surface area contributed by atoms with Crippen molar-refractivity contribution in [1.29, 1.82) is 5.26 Å². The standard InChI is InChI=1S/C22H18BrN3O4S/c1-30-22(29)19-18(13-6-5-7-14(23)10-13)16(11-24)21(26-20(19)28)31-12-17(27)25-15-8-3-2-4-9-15/h2-10,18-19H,12H2,1H3,(H,25,27)(H,26,28)/t18-,19-/m1/s1. The Bertz CT molecular complexity index is 1080. The molecule has 2 aromatic carbocycles. The molecule has 3 rings (SSSR count). The van der Waals surface area contributed by atoms with Crippen molar-refractivity contribution in [2.75, 3.05) is 18.2 Å². The SMILES string of the molecule is COC(=O)[C@H]1C(=O)NC(SCC(=O)Nc2ccccc2)=C(C#N)[C@H]1c1cccc(Br)c1. The lowest BCUT2D eigenvalue weighted by Gasteiger charge is -2.31. The van der Waals surface area contributed by atoms with E-state index in [0.717, 1.165) is 16.2 Å². The summed E-state index contributed by atoms with van der Waals surface area (Å²) in [5, 5.41) is 15.5. The summed E-state index contributed by atoms with van der Waals surface area (Å²) in [6.45, 7) is 0. The number of carbonyl (C=O) groups excluding carboxylic acids is 3. The smallest absolute Gasteiger partial charge is 0.319 e. The second-order valence-corrected chi connectivity index (χ2v) is 8.48. The molecule has 1 heterocycles. The van der Waals surface area contributed by atoms with Crippen LogP contribution in [0, 0.1) is 17.2 Å². The lowest BCUT2D eigenvalue weighted by atomic mass is 9.78. The van der Waals surface area contributed by atoms with Crippen molar-refractivity contribution in [3.8, 4) is 6.07 Å². The van der Waals surface area contributed by atoms with Gasteiger partial charge in [-0.1, -0.05) is 58.0 Å². The van der Waals surface area contributed by atoms with Crippen molar-refractivity contribution in [1.82, 2.24) is 5.32 Å². The molecule has 2 aromatic rings. The van der Waals surface area contributed by atoms with Crippen molar-refractivity contribution < 1.29 is 19.1 Å². The number of hydrogen-bond acceptors (Lipinski definition) is 6. The fourth-order valence-electron chi connectivity index (χ4n) is 3.24. The highest BCUT2D eigenvalue weighted by Crippen LogP contribution is 2.40. The largest absolute Gasteiger partial charge is 0.468 e. The molecule has 158 valence electrons. The van der Waals surface area contributed by atoms with Crippen LogP contribution >= 0.6 is 27.7 Å². The van der Waals surface area contributed by atoms with Crippen LogP contribution in [0.25, 0.3) is 0 Å². The predicted octanol–water partition coefficient (Wildman–Crippen LogP) is 3.56. The summed E-state index contributed by atoms with van der Waals surface area (Å²) in [6, 6.07) is 18.1. The fraction of sp³-hybridized carbons (Fsp3) is 0.182. The molecule has 2 N–H and O–H groups in total. The number of esters is 1. The van der Waals surface area contributed by atoms with Crippen LogP contribution in [0.1, 0.15) is 11.5 Å². The Hall–Kier alpha value is -3.09. The first kappa shape index (κ1) is 22.6. The van der Waals surface area contributed by atoms with Gasteiger partial charge >= 0.3 is 5.97 Å². The number of methoxy groups -OCH3 is 1. The molecule has 0 unspecified atom stereocenters. The Balaban J connectivity index is 1.90. The molecule has 31 heavy (non-hydrogen) atoms. The summed E-state index contributed by atoms with van der Waals surface area (Å²) in [7, 11) is 1.20. The monoisotopic (exact) mass is 499 g/mol. The van der Waals surface area contributed by atoms with E-state index in [9.17, 15) is 19.6 Å². The number of nitrogens with zero attached hydrogens (tertiary/aromatic N) is 1. The summed E-state index contributed by atoms with van der Waals surface area (Å²) in [4.78, 5) is 37.5. The van der Waals surface area contributed by atoms with Gasteiger partial charge in [0.05, 0.1) is 29.5 Å². The first-order chi connectivity index (χ1) is 14.9. The van der Waals surface area contributed by atoms with Gasteiger partial charge < -0.3 is 15.4 Å². The van der Waals surface area contributed by atoms with Crippen molar-refractivity contribution >= 4 is 51.2 Å². The molecule has 0 spiro atoms. The van der Waals surface area contributed by atoms with Gasteiger partial charge in [0.2, 0.25) is 11.8 Å². The van der Waals surface area contributed by atoms with E-state index >= 15 is 0 Å². The number of rotatable bonds is 6. The first-order valence-electron chi connectivity index (χ1n) is 9.20. The number of para-hydroxylation sites is 1. The van der Waals surface area contributed by atoms with Crippen LogP contribution in [0.3, 0.4) is 0 Å². The van der Waals surface area contributed by atoms with E-state index in [2.05, 4.69) is 32.6 Å². The van der Waals surface area contributed by atoms with Crippen LogP contribution in [0.15, 0.2) is 69.7 Å². The van der Waals surface area contributed by atoms with Gasteiger partial charge in [-0.2, -0.15) is 5.26 Å². The second kappa shape index (κ2) is 10.3. The molecule has 0 bridgehead atoms. The Morgan fingerprint density at radius 3 is 2.61 bits per heavy atom. The van der Waals surface area contributed by atoms with E-state index in [0.29, 0.717) is 11.3 Å². The summed E-state index contributed by atoms with van der Waals surface area (Å²) >= 11 is 4.42. The van der Waals surface area contributed by atoms with Gasteiger partial charge in [-0.3, -0.25) is 14.4 Å². The third kappa shape index (κ3) is 5.34. The van der Waals surface area contributed by atoms with Gasteiger partial charge in [0.15, 0.2) is 0 Å². The van der Waals surface area contributed by atoms with Crippen LogP contribution in [-0.4, -0.2) is 30.6 Å². The molecule has 2 amide bonds. The maximum atomic E-state index is 12.8. The normalized spacial score (nSPS) is 18.0. The van der Waals surface area contributed by atoms with Crippen LogP contribution in [0.2, 0.25) is 0 Å². The van der Waals surface area contributed by atoms with Gasteiger partial charge in [-0.25, -0.2) is 0 Å². The van der Waals surface area contributed by atoms with E-state index in [1.54, 1.807) is 48.5 Å². The Labute approximate surface area is 192 Å². The van der Waals surface area contributed by atoms with Crippen LogP contribution in [0.5, 0.6) is 0 Å². The van der Waals surface area contributed by atoms with E-state index in [1.807, 2.05) is 6.07 Å². The van der Waals surface area contributed by atoms with Crippen molar-refractivity contribution in [3.05, 3.63) is 75.2 Å². The topological polar surface area (TPSA) is 108 Å². The van der Waals surface area contributed by atoms with E-state index < -0.39 is 23.7 Å². The second-order valence-electron chi connectivity index (χ2n) is 6.58. The van der Waals surface area contributed by atoms with Crippen LogP contribution < -0.4 is 10.6 Å². The molecule has 0 aliphatic carbocycles. The molecule has 1 aliphatic rings. The molecule has 7 nitrogen and oxygen atoms in total. The molecule has 9 heteroatoms. The number of benzene rings is 2. The zero-order chi connectivity index (χ0) is 22.4. The van der Waals surface area contributed by atoms with Gasteiger partial charge in [-0.05, 0) is 29.8 Å². The number of halogens is 1. The number of allylic oxidation sites excluding steroid dienone is 1. The summed E-state index contributed by atoms with van der Waals surface area (Å²) in [5.74, 6) is -3.67. The van der Waals surface area contributed by atoms with Crippen LogP contribution in [-0.2, 0) is 19.1 Å². The van der Waals surface area contributed by atoms with Gasteiger partial charge in [0.1, 0.15) is 5.92 Å². The maximum absolute atomic E-state index is 12.8. The molecule has 0 aromatic heterocycles. The van der Waals surface area contributed by atoms with Crippen molar-refractivity contribution in [3.63, 3.8) is 0 Å². The number of thioether (sulfide) groups is 1. The minimum absolute atomic E-state index is 0.0240. The van der Waals surface area contributed by atoms with Crippen molar-refractivity contribution in [2.45, 2.75) is 5.92 Å². The number of carbonyl (C=O) groups is 3. The minimum Gasteiger partial charge on any atom is -0.468 e. The lowest BCUT2D eigenvalue weighted by Crippen LogP contribution is -2.44. The Morgan fingerprint density at radius 1 is 1.23 bits per heavy atom. The number of ether oxygens (including phenoxy) is 1. The molecule has 0 saturated heterocycles. The molecule has 0 saturated carbocycles. The summed E-state index contributed by atoms with van der Waals surface area (Å²) in [5.41, 5.74) is 1.46. The maximum Gasteiger partial charge on any atom is 0.319 e. The minimum atomic E-state index is -1.21. The lowest BCUT2D eigenvalue weighted by molar-refractivity contribution is -0.150. The zero-order valence-corrected chi connectivity index (χ0v) is 18.8. The molecule has 0 fully saturated rings. The number of anilines is 1. The highest BCUT2D eigenvalue weighted by Gasteiger charge is 2.44. The van der Waals surface area contributed by atoms with Gasteiger partial charge in [0.25, 0.3) is 0 Å². The van der Waals surface area contributed by atoms with Crippen LogP contribution in [0.4, 0.5) is 5.69 Å². The Kier molecular flexibility index (Phi) is 7.50. The molecular weight excluding hydrogens is 482 g/mol. The average Bonchev–Trinajstić information content (AvgIpc) is 2.77. The van der Waals surface area contributed by atoms with E-state index in [1.165, 1.54) is 7.11 Å². The highest BCUT2D eigenvalue weighted by atomic mass is 79.9. The van der Waals surface area contributed by atoms with Crippen molar-refractivity contribution in [2.24, 2.45) is 5.92 Å². The van der Waals surface area contributed by atoms with Gasteiger partial charge in [-0.15, -0.1) is 0 Å². The average molecular weight is 500 g/mol. The summed E-state index contributed by atoms with van der Waals surface area (Å²) < 4.78 is 5.56. The number of hydrogen-bond donors (Lipinski definition) is 2. The molecule has 0 radical (unpaired) electrons. The van der Waals surface area contributed by atoms with Gasteiger partial charge in [0, 0.05) is 16.1 Å². The fourth-order valence-corrected chi connectivity index (χ4v) is 4.50.